The van der Waals surface area contributed by atoms with Gasteiger partial charge >= 0.3 is 0 Å². The van der Waals surface area contributed by atoms with Crippen LogP contribution in [0.1, 0.15) is 25.2 Å². The second-order valence-corrected chi connectivity index (χ2v) is 7.74. The molecular weight excluding hydrogens is 423 g/mol. The van der Waals surface area contributed by atoms with Gasteiger partial charge in [-0.2, -0.15) is 0 Å². The minimum Gasteiger partial charge on any atom is -0.486 e. The number of nitrogens with zero attached hydrogens (tertiary/aromatic N) is 3. The molecule has 1 aliphatic heterocycles. The smallest absolute Gasteiger partial charge is 0.286 e. The van der Waals surface area contributed by atoms with Gasteiger partial charge in [0.15, 0.2) is 5.01 Å². The zero-order valence-electron chi connectivity index (χ0n) is 16.4. The third-order valence-corrected chi connectivity index (χ3v) is 5.42. The third-order valence-electron chi connectivity index (χ3n) is 4.53. The highest BCUT2D eigenvalue weighted by Gasteiger charge is 2.18. The Bertz CT molecular complexity index is 1050. The first-order valence-electron chi connectivity index (χ1n) is 9.58. The fraction of sp³-hybridized carbons (Fsp3) is 0.238. The number of halogens is 1. The highest BCUT2D eigenvalue weighted by atomic mass is 32.1. The number of amides is 2. The van der Waals surface area contributed by atoms with Crippen molar-refractivity contribution in [2.45, 2.75) is 6.61 Å². The van der Waals surface area contributed by atoms with Crippen molar-refractivity contribution >= 4 is 28.8 Å². The predicted octanol–water partition coefficient (Wildman–Crippen LogP) is 2.98. The number of rotatable bonds is 6. The number of ether oxygens (including phenoxy) is 2. The molecule has 3 aromatic rings. The van der Waals surface area contributed by atoms with E-state index in [-0.39, 0.29) is 23.3 Å². The molecule has 1 fully saturated rings. The van der Waals surface area contributed by atoms with Gasteiger partial charge in [-0.05, 0) is 48.5 Å². The molecule has 0 radical (unpaired) electrons. The van der Waals surface area contributed by atoms with Crippen molar-refractivity contribution in [1.29, 1.82) is 0 Å². The lowest BCUT2D eigenvalue weighted by Crippen LogP contribution is -2.40. The van der Waals surface area contributed by atoms with Crippen LogP contribution >= 0.6 is 11.3 Å². The Morgan fingerprint density at radius 3 is 2.48 bits per heavy atom. The first-order chi connectivity index (χ1) is 15.1. The van der Waals surface area contributed by atoms with Crippen LogP contribution in [0.3, 0.4) is 0 Å². The predicted molar refractivity (Wildman–Crippen MR) is 112 cm³/mol. The maximum absolute atomic E-state index is 13.0. The van der Waals surface area contributed by atoms with E-state index in [9.17, 15) is 14.0 Å². The summed E-state index contributed by atoms with van der Waals surface area (Å²) < 4.78 is 23.9. The van der Waals surface area contributed by atoms with Crippen LogP contribution in [-0.4, -0.2) is 53.2 Å². The van der Waals surface area contributed by atoms with Gasteiger partial charge in [0.2, 0.25) is 5.01 Å². The molecule has 31 heavy (non-hydrogen) atoms. The summed E-state index contributed by atoms with van der Waals surface area (Å²) in [5, 5.41) is 11.2. The lowest BCUT2D eigenvalue weighted by Gasteiger charge is -2.26. The summed E-state index contributed by atoms with van der Waals surface area (Å²) in [5.41, 5.74) is 1.05. The van der Waals surface area contributed by atoms with Crippen LogP contribution in [0, 0.1) is 5.82 Å². The largest absolute Gasteiger partial charge is 0.486 e. The van der Waals surface area contributed by atoms with Gasteiger partial charge in [-0.25, -0.2) is 4.39 Å². The van der Waals surface area contributed by atoms with Gasteiger partial charge in [0.1, 0.15) is 18.2 Å². The Balaban J connectivity index is 1.30. The Morgan fingerprint density at radius 1 is 1.06 bits per heavy atom. The van der Waals surface area contributed by atoms with Crippen LogP contribution in [0.25, 0.3) is 0 Å². The van der Waals surface area contributed by atoms with Gasteiger partial charge in [-0.15, -0.1) is 10.2 Å². The molecule has 0 bridgehead atoms. The summed E-state index contributed by atoms with van der Waals surface area (Å²) in [7, 11) is 0. The highest BCUT2D eigenvalue weighted by molar-refractivity contribution is 7.13. The Morgan fingerprint density at radius 2 is 1.77 bits per heavy atom. The number of carbonyl (C=O) groups is 2. The highest BCUT2D eigenvalue weighted by Crippen LogP contribution is 2.18. The fourth-order valence-corrected chi connectivity index (χ4v) is 3.56. The maximum atomic E-state index is 13.0. The molecule has 4 rings (SSSR count). The lowest BCUT2D eigenvalue weighted by molar-refractivity contribution is 0.0303. The summed E-state index contributed by atoms with van der Waals surface area (Å²) in [6.45, 7) is 2.42. The Hall–Kier alpha value is -3.37. The molecule has 2 amide bonds. The summed E-state index contributed by atoms with van der Waals surface area (Å²) in [4.78, 5) is 26.5. The van der Waals surface area contributed by atoms with Crippen LogP contribution < -0.4 is 10.1 Å². The number of hydrogen-bond acceptors (Lipinski definition) is 7. The molecule has 0 saturated carbocycles. The molecule has 0 spiro atoms. The van der Waals surface area contributed by atoms with Crippen LogP contribution in [0.2, 0.25) is 0 Å². The van der Waals surface area contributed by atoms with Gasteiger partial charge in [0.25, 0.3) is 11.8 Å². The standard InChI is InChI=1S/C21H19FN4O4S/c22-15-3-5-16(6-4-15)23-19(27)20-25-24-18(31-20)13-30-17-7-1-14(2-8-17)21(28)26-9-11-29-12-10-26/h1-8H,9-13H2,(H,23,27). The number of carbonyl (C=O) groups excluding carboxylic acids is 2. The molecule has 1 N–H and O–H groups in total. The van der Waals surface area contributed by atoms with E-state index in [2.05, 4.69) is 15.5 Å². The van der Waals surface area contributed by atoms with Gasteiger partial charge in [-0.3, -0.25) is 9.59 Å². The quantitative estimate of drug-likeness (QED) is 0.631. The summed E-state index contributed by atoms with van der Waals surface area (Å²) >= 11 is 1.10. The van der Waals surface area contributed by atoms with Crippen molar-refractivity contribution in [2.75, 3.05) is 31.6 Å². The lowest BCUT2D eigenvalue weighted by atomic mass is 10.2. The third kappa shape index (κ3) is 5.41. The van der Waals surface area contributed by atoms with E-state index < -0.39 is 5.91 Å². The molecule has 1 aromatic heterocycles. The first-order valence-corrected chi connectivity index (χ1v) is 10.4. The monoisotopic (exact) mass is 442 g/mol. The van der Waals surface area contributed by atoms with E-state index in [1.54, 1.807) is 29.2 Å². The molecule has 2 aromatic carbocycles. The van der Waals surface area contributed by atoms with Crippen LogP contribution in [-0.2, 0) is 11.3 Å². The normalized spacial score (nSPS) is 13.6. The second kappa shape index (κ2) is 9.63. The fourth-order valence-electron chi connectivity index (χ4n) is 2.91. The number of benzene rings is 2. The summed E-state index contributed by atoms with van der Waals surface area (Å²) in [6.07, 6.45) is 0. The molecule has 160 valence electrons. The van der Waals surface area contributed by atoms with Gasteiger partial charge in [0, 0.05) is 24.3 Å². The molecule has 0 aliphatic carbocycles. The number of nitrogens with one attached hydrogen (secondary N) is 1. The number of anilines is 1. The van der Waals surface area contributed by atoms with E-state index in [4.69, 9.17) is 9.47 Å². The zero-order chi connectivity index (χ0) is 21.6. The zero-order valence-corrected chi connectivity index (χ0v) is 17.2. The SMILES string of the molecule is O=C(Nc1ccc(F)cc1)c1nnc(COc2ccc(C(=O)N3CCOCC3)cc2)s1. The van der Waals surface area contributed by atoms with Crippen LogP contribution in [0.15, 0.2) is 48.5 Å². The van der Waals surface area contributed by atoms with E-state index in [1.165, 1.54) is 24.3 Å². The van der Waals surface area contributed by atoms with E-state index in [1.807, 2.05) is 0 Å². The van der Waals surface area contributed by atoms with Crippen molar-refractivity contribution in [3.8, 4) is 5.75 Å². The second-order valence-electron chi connectivity index (χ2n) is 6.68. The van der Waals surface area contributed by atoms with Crippen LogP contribution in [0.4, 0.5) is 10.1 Å². The van der Waals surface area contributed by atoms with E-state index in [0.29, 0.717) is 48.3 Å². The Kier molecular flexibility index (Phi) is 6.48. The first kappa shape index (κ1) is 20.9. The molecular formula is C21H19FN4O4S. The molecule has 0 atom stereocenters. The average Bonchev–Trinajstić information content (AvgIpc) is 3.29. The average molecular weight is 442 g/mol. The number of morpholine rings is 1. The van der Waals surface area contributed by atoms with Crippen molar-refractivity contribution in [3.05, 3.63) is 69.9 Å². The van der Waals surface area contributed by atoms with Crippen molar-refractivity contribution < 1.29 is 23.5 Å². The summed E-state index contributed by atoms with van der Waals surface area (Å²) in [5.74, 6) is -0.269. The maximum Gasteiger partial charge on any atom is 0.286 e. The van der Waals surface area contributed by atoms with Crippen molar-refractivity contribution in [2.24, 2.45) is 0 Å². The van der Waals surface area contributed by atoms with Crippen LogP contribution in [0.5, 0.6) is 5.75 Å². The molecule has 1 saturated heterocycles. The Labute approximate surface area is 181 Å². The van der Waals surface area contributed by atoms with Gasteiger partial charge in [0.05, 0.1) is 13.2 Å². The molecule has 2 heterocycles. The molecule has 0 unspecified atom stereocenters. The topological polar surface area (TPSA) is 93.7 Å². The molecule has 1 aliphatic rings. The van der Waals surface area contributed by atoms with E-state index >= 15 is 0 Å². The van der Waals surface area contributed by atoms with E-state index in [0.717, 1.165) is 11.3 Å². The molecule has 8 nitrogen and oxygen atoms in total. The number of aromatic nitrogens is 2. The minimum absolute atomic E-state index is 0.0317. The molecule has 10 heteroatoms. The van der Waals surface area contributed by atoms with Crippen molar-refractivity contribution in [3.63, 3.8) is 0 Å². The van der Waals surface area contributed by atoms with Crippen molar-refractivity contribution in [1.82, 2.24) is 15.1 Å². The summed E-state index contributed by atoms with van der Waals surface area (Å²) in [6, 6.07) is 12.3. The van der Waals surface area contributed by atoms with Gasteiger partial charge < -0.3 is 19.7 Å². The van der Waals surface area contributed by atoms with Gasteiger partial charge in [-0.1, -0.05) is 11.3 Å². The minimum atomic E-state index is -0.429. The number of hydrogen-bond donors (Lipinski definition) is 1.